The average molecular weight is 205 g/mol. The van der Waals surface area contributed by atoms with E-state index in [9.17, 15) is 0 Å². The lowest BCUT2D eigenvalue weighted by Gasteiger charge is -2.02. The molecule has 2 heterocycles. The van der Waals surface area contributed by atoms with E-state index in [0.717, 1.165) is 23.5 Å². The van der Waals surface area contributed by atoms with Crippen LogP contribution in [0.15, 0.2) is 6.33 Å². The van der Waals surface area contributed by atoms with Crippen LogP contribution in [0.25, 0.3) is 5.52 Å². The van der Waals surface area contributed by atoms with E-state index in [1.54, 1.807) is 4.52 Å². The van der Waals surface area contributed by atoms with Gasteiger partial charge in [-0.05, 0) is 5.92 Å². The van der Waals surface area contributed by atoms with Crippen LogP contribution in [0, 0.1) is 0 Å². The topological polar surface area (TPSA) is 69.1 Å². The van der Waals surface area contributed by atoms with Crippen molar-refractivity contribution in [1.29, 1.82) is 0 Å². The summed E-state index contributed by atoms with van der Waals surface area (Å²) < 4.78 is 1.79. The van der Waals surface area contributed by atoms with Crippen LogP contribution < -0.4 is 5.73 Å². The first-order valence-electron chi connectivity index (χ1n) is 5.13. The van der Waals surface area contributed by atoms with Crippen molar-refractivity contribution < 1.29 is 0 Å². The van der Waals surface area contributed by atoms with Crippen molar-refractivity contribution in [2.75, 3.05) is 5.73 Å². The summed E-state index contributed by atoms with van der Waals surface area (Å²) in [6.45, 7) is 6.24. The molecular formula is C10H15N5. The summed E-state index contributed by atoms with van der Waals surface area (Å²) >= 11 is 0. The fraction of sp³-hybridized carbons (Fsp3) is 0.500. The molecule has 15 heavy (non-hydrogen) atoms. The number of fused-ring (bicyclic) bond motifs is 1. The third kappa shape index (κ3) is 1.44. The molecule has 5 nitrogen and oxygen atoms in total. The minimum Gasteiger partial charge on any atom is -0.382 e. The third-order valence-corrected chi connectivity index (χ3v) is 2.42. The molecule has 0 aliphatic rings. The number of nitrogens with zero attached hydrogens (tertiary/aromatic N) is 4. The lowest BCUT2D eigenvalue weighted by Crippen LogP contribution is -2.02. The number of aromatic nitrogens is 4. The molecule has 0 unspecified atom stereocenters. The molecule has 0 aromatic carbocycles. The molecule has 2 aromatic rings. The maximum Gasteiger partial charge on any atom is 0.153 e. The second-order valence-electron chi connectivity index (χ2n) is 3.83. The van der Waals surface area contributed by atoms with Crippen LogP contribution in [-0.2, 0) is 6.42 Å². The number of nitrogens with two attached hydrogens (primary N) is 1. The Morgan fingerprint density at radius 1 is 1.47 bits per heavy atom. The highest BCUT2D eigenvalue weighted by Gasteiger charge is 2.16. The van der Waals surface area contributed by atoms with Crippen LogP contribution in [0.4, 0.5) is 5.82 Å². The smallest absolute Gasteiger partial charge is 0.153 e. The number of nitrogen functional groups attached to an aromatic ring is 1. The van der Waals surface area contributed by atoms with E-state index in [0.29, 0.717) is 11.7 Å². The van der Waals surface area contributed by atoms with Crippen molar-refractivity contribution in [2.45, 2.75) is 33.1 Å². The highest BCUT2D eigenvalue weighted by molar-refractivity contribution is 5.69. The minimum absolute atomic E-state index is 0.327. The van der Waals surface area contributed by atoms with Gasteiger partial charge in [0.25, 0.3) is 0 Å². The van der Waals surface area contributed by atoms with E-state index < -0.39 is 0 Å². The SMILES string of the molecule is CCc1nc(C(C)C)c2c(N)ncnn12. The van der Waals surface area contributed by atoms with Gasteiger partial charge in [-0.2, -0.15) is 5.10 Å². The number of hydrogen-bond acceptors (Lipinski definition) is 4. The monoisotopic (exact) mass is 205 g/mol. The van der Waals surface area contributed by atoms with Gasteiger partial charge in [0.2, 0.25) is 0 Å². The molecule has 0 amide bonds. The molecule has 0 aliphatic carbocycles. The molecule has 0 aliphatic heterocycles. The van der Waals surface area contributed by atoms with Crippen LogP contribution in [0.1, 0.15) is 38.2 Å². The van der Waals surface area contributed by atoms with Crippen LogP contribution in [0.2, 0.25) is 0 Å². The van der Waals surface area contributed by atoms with Gasteiger partial charge in [0.1, 0.15) is 17.7 Å². The van der Waals surface area contributed by atoms with Crippen LogP contribution >= 0.6 is 0 Å². The van der Waals surface area contributed by atoms with Gasteiger partial charge >= 0.3 is 0 Å². The number of rotatable bonds is 2. The Balaban J connectivity index is 2.82. The van der Waals surface area contributed by atoms with E-state index in [2.05, 4.69) is 35.8 Å². The van der Waals surface area contributed by atoms with E-state index >= 15 is 0 Å². The summed E-state index contributed by atoms with van der Waals surface area (Å²) in [5.74, 6) is 1.76. The van der Waals surface area contributed by atoms with Crippen molar-refractivity contribution >= 4 is 11.3 Å². The van der Waals surface area contributed by atoms with Gasteiger partial charge in [0.15, 0.2) is 5.82 Å². The highest BCUT2D eigenvalue weighted by Crippen LogP contribution is 2.23. The fourth-order valence-electron chi connectivity index (χ4n) is 1.67. The molecule has 2 aromatic heterocycles. The summed E-state index contributed by atoms with van der Waals surface area (Å²) in [6, 6.07) is 0. The molecule has 0 radical (unpaired) electrons. The minimum atomic E-state index is 0.327. The van der Waals surface area contributed by atoms with E-state index in [-0.39, 0.29) is 0 Å². The Labute approximate surface area is 88.3 Å². The predicted octanol–water partition coefficient (Wildman–Crippen LogP) is 1.39. The highest BCUT2D eigenvalue weighted by atomic mass is 15.3. The average Bonchev–Trinajstić information content (AvgIpc) is 2.58. The van der Waals surface area contributed by atoms with Gasteiger partial charge in [-0.25, -0.2) is 14.5 Å². The Bertz CT molecular complexity index is 486. The second-order valence-corrected chi connectivity index (χ2v) is 3.83. The first-order valence-corrected chi connectivity index (χ1v) is 5.13. The zero-order valence-corrected chi connectivity index (χ0v) is 9.23. The molecule has 80 valence electrons. The largest absolute Gasteiger partial charge is 0.382 e. The molecule has 5 heteroatoms. The van der Waals surface area contributed by atoms with E-state index in [1.165, 1.54) is 6.33 Å². The van der Waals surface area contributed by atoms with Crippen molar-refractivity contribution in [3.8, 4) is 0 Å². The van der Waals surface area contributed by atoms with Crippen LogP contribution in [0.3, 0.4) is 0 Å². The number of imidazole rings is 1. The van der Waals surface area contributed by atoms with E-state index in [4.69, 9.17) is 5.73 Å². The Hall–Kier alpha value is -1.65. The summed E-state index contributed by atoms with van der Waals surface area (Å²) in [6.07, 6.45) is 2.30. The number of hydrogen-bond donors (Lipinski definition) is 1. The van der Waals surface area contributed by atoms with E-state index in [1.807, 2.05) is 0 Å². The molecular weight excluding hydrogens is 190 g/mol. The van der Waals surface area contributed by atoms with Crippen molar-refractivity contribution in [3.63, 3.8) is 0 Å². The fourth-order valence-corrected chi connectivity index (χ4v) is 1.67. The summed E-state index contributed by atoms with van der Waals surface area (Å²) in [5.41, 5.74) is 7.68. The standard InChI is InChI=1S/C10H15N5/c1-4-7-14-8(6(2)3)9-10(11)12-5-13-15(7)9/h5-6H,4H2,1-3H3,(H2,11,12,13). The lowest BCUT2D eigenvalue weighted by atomic mass is 10.1. The summed E-state index contributed by atoms with van der Waals surface area (Å²) in [4.78, 5) is 8.55. The Morgan fingerprint density at radius 2 is 2.20 bits per heavy atom. The van der Waals surface area contributed by atoms with Gasteiger partial charge in [-0.3, -0.25) is 0 Å². The van der Waals surface area contributed by atoms with Gasteiger partial charge in [0.05, 0.1) is 5.69 Å². The lowest BCUT2D eigenvalue weighted by molar-refractivity contribution is 0.804. The summed E-state index contributed by atoms with van der Waals surface area (Å²) in [7, 11) is 0. The van der Waals surface area contributed by atoms with Crippen LogP contribution in [0.5, 0.6) is 0 Å². The normalized spacial score (nSPS) is 11.5. The Morgan fingerprint density at radius 3 is 2.80 bits per heavy atom. The van der Waals surface area contributed by atoms with Crippen molar-refractivity contribution in [2.24, 2.45) is 0 Å². The van der Waals surface area contributed by atoms with Crippen molar-refractivity contribution in [3.05, 3.63) is 17.8 Å². The van der Waals surface area contributed by atoms with Gasteiger partial charge < -0.3 is 5.73 Å². The molecule has 2 N–H and O–H groups in total. The molecule has 2 rings (SSSR count). The van der Waals surface area contributed by atoms with Gasteiger partial charge in [-0.15, -0.1) is 0 Å². The first kappa shape index (κ1) is 9.89. The quantitative estimate of drug-likeness (QED) is 0.804. The zero-order valence-electron chi connectivity index (χ0n) is 9.23. The Kier molecular flexibility index (Phi) is 2.30. The third-order valence-electron chi connectivity index (χ3n) is 2.42. The summed E-state index contributed by atoms with van der Waals surface area (Å²) in [5, 5.41) is 4.18. The van der Waals surface area contributed by atoms with Gasteiger partial charge in [-0.1, -0.05) is 20.8 Å². The molecule has 0 saturated carbocycles. The zero-order chi connectivity index (χ0) is 11.0. The molecule has 0 spiro atoms. The maximum atomic E-state index is 5.85. The van der Waals surface area contributed by atoms with Crippen LogP contribution in [-0.4, -0.2) is 19.6 Å². The molecule has 0 bridgehead atoms. The van der Waals surface area contributed by atoms with Gasteiger partial charge in [0, 0.05) is 6.42 Å². The second kappa shape index (κ2) is 3.49. The predicted molar refractivity (Wildman–Crippen MR) is 58.7 cm³/mol. The maximum absolute atomic E-state index is 5.85. The molecule has 0 atom stereocenters. The molecule has 0 saturated heterocycles. The first-order chi connectivity index (χ1) is 7.15. The van der Waals surface area contributed by atoms with Crippen molar-refractivity contribution in [1.82, 2.24) is 19.6 Å². The number of aryl methyl sites for hydroxylation is 1. The molecule has 0 fully saturated rings. The number of anilines is 1.